The Labute approximate surface area is 211 Å². The van der Waals surface area contributed by atoms with E-state index in [0.717, 1.165) is 11.3 Å². The highest BCUT2D eigenvalue weighted by Crippen LogP contribution is 2.37. The predicted octanol–water partition coefficient (Wildman–Crippen LogP) is 3.62. The minimum atomic E-state index is -0.375. The van der Waals surface area contributed by atoms with E-state index >= 15 is 0 Å². The average molecular weight is 493 g/mol. The van der Waals surface area contributed by atoms with Crippen LogP contribution >= 0.6 is 0 Å². The number of para-hydroxylation sites is 1. The van der Waals surface area contributed by atoms with Gasteiger partial charge in [-0.05, 0) is 42.5 Å². The van der Waals surface area contributed by atoms with Crippen LogP contribution in [-0.4, -0.2) is 73.9 Å². The van der Waals surface area contributed by atoms with Gasteiger partial charge in [-0.3, -0.25) is 4.79 Å². The monoisotopic (exact) mass is 492 g/mol. The third kappa shape index (κ3) is 5.46. The van der Waals surface area contributed by atoms with Crippen molar-refractivity contribution in [2.75, 3.05) is 52.9 Å². The molecule has 0 radical (unpaired) electrons. The van der Waals surface area contributed by atoms with Crippen LogP contribution in [0.25, 0.3) is 0 Å². The van der Waals surface area contributed by atoms with Crippen LogP contribution in [0.4, 0.5) is 10.5 Å². The Morgan fingerprint density at radius 2 is 1.75 bits per heavy atom. The summed E-state index contributed by atoms with van der Waals surface area (Å²) in [7, 11) is 4.78. The Balaban J connectivity index is 1.56. The normalized spacial score (nSPS) is 14.6. The lowest BCUT2D eigenvalue weighted by Gasteiger charge is -2.38. The molecular weight excluding hydrogens is 460 g/mol. The van der Waals surface area contributed by atoms with Gasteiger partial charge in [-0.25, -0.2) is 4.79 Å². The second-order valence-electron chi connectivity index (χ2n) is 8.43. The Morgan fingerprint density at radius 3 is 2.47 bits per heavy atom. The molecule has 3 aromatic rings. The molecule has 0 bridgehead atoms. The lowest BCUT2D eigenvalue weighted by Crippen LogP contribution is -2.49. The molecule has 1 aliphatic rings. The van der Waals surface area contributed by atoms with E-state index in [1.54, 1.807) is 45.6 Å². The molecule has 1 aliphatic heterocycles. The number of methoxy groups -OCH3 is 3. The van der Waals surface area contributed by atoms with Crippen LogP contribution in [0.2, 0.25) is 0 Å². The summed E-state index contributed by atoms with van der Waals surface area (Å²) in [6, 6.07) is 18.1. The number of amides is 3. The number of benzene rings is 2. The molecule has 9 heteroatoms. The van der Waals surface area contributed by atoms with E-state index in [0.29, 0.717) is 36.9 Å². The zero-order valence-corrected chi connectivity index (χ0v) is 20.8. The number of carbonyl (C=O) groups is 2. The zero-order valence-electron chi connectivity index (χ0n) is 20.8. The van der Waals surface area contributed by atoms with Gasteiger partial charge < -0.3 is 33.9 Å². The molecular formula is C27H32N4O5. The van der Waals surface area contributed by atoms with Crippen molar-refractivity contribution in [3.63, 3.8) is 0 Å². The summed E-state index contributed by atoms with van der Waals surface area (Å²) in [5.74, 6) is 1.25. The van der Waals surface area contributed by atoms with E-state index in [2.05, 4.69) is 9.88 Å². The maximum atomic E-state index is 13.7. The maximum Gasteiger partial charge on any atom is 0.322 e. The summed E-state index contributed by atoms with van der Waals surface area (Å²) in [6.45, 7) is 1.69. The zero-order chi connectivity index (χ0) is 25.5. The van der Waals surface area contributed by atoms with Crippen molar-refractivity contribution in [2.24, 2.45) is 0 Å². The second-order valence-corrected chi connectivity index (χ2v) is 8.43. The topological polar surface area (TPSA) is 85.3 Å². The molecule has 2 heterocycles. The fourth-order valence-electron chi connectivity index (χ4n) is 4.46. The van der Waals surface area contributed by atoms with Crippen LogP contribution in [0.5, 0.6) is 11.5 Å². The van der Waals surface area contributed by atoms with Crippen LogP contribution in [0.3, 0.4) is 0 Å². The van der Waals surface area contributed by atoms with Crippen molar-refractivity contribution in [2.45, 2.75) is 12.6 Å². The number of hydrogen-bond acceptors (Lipinski definition) is 5. The van der Waals surface area contributed by atoms with E-state index in [1.165, 1.54) is 4.90 Å². The summed E-state index contributed by atoms with van der Waals surface area (Å²) in [6.07, 6.45) is 2.02. The lowest BCUT2D eigenvalue weighted by molar-refractivity contribution is -0.134. The Kier molecular flexibility index (Phi) is 8.12. The summed E-state index contributed by atoms with van der Waals surface area (Å²) in [5.41, 5.74) is 2.52. The first-order chi connectivity index (χ1) is 17.5. The summed E-state index contributed by atoms with van der Waals surface area (Å²) < 4.78 is 18.2. The Morgan fingerprint density at radius 1 is 0.972 bits per heavy atom. The number of rotatable bonds is 9. The van der Waals surface area contributed by atoms with E-state index in [1.807, 2.05) is 47.5 Å². The maximum absolute atomic E-state index is 13.7. The number of ether oxygens (including phenoxy) is 3. The molecule has 0 spiro atoms. The van der Waals surface area contributed by atoms with E-state index < -0.39 is 0 Å². The van der Waals surface area contributed by atoms with Gasteiger partial charge in [0, 0.05) is 49.9 Å². The fourth-order valence-corrected chi connectivity index (χ4v) is 4.46. The van der Waals surface area contributed by atoms with Crippen LogP contribution in [-0.2, 0) is 16.1 Å². The van der Waals surface area contributed by atoms with Gasteiger partial charge in [-0.1, -0.05) is 18.2 Å². The Bertz CT molecular complexity index is 1180. The van der Waals surface area contributed by atoms with Gasteiger partial charge in [0.2, 0.25) is 5.91 Å². The van der Waals surface area contributed by atoms with Gasteiger partial charge in [0.25, 0.3) is 0 Å². The smallest absolute Gasteiger partial charge is 0.322 e. The predicted molar refractivity (Wildman–Crippen MR) is 136 cm³/mol. The first kappa shape index (κ1) is 25.1. The molecule has 0 aliphatic carbocycles. The largest absolute Gasteiger partial charge is 0.497 e. The summed E-state index contributed by atoms with van der Waals surface area (Å²) in [4.78, 5) is 30.2. The molecule has 190 valence electrons. The van der Waals surface area contributed by atoms with Gasteiger partial charge >= 0.3 is 6.03 Å². The third-order valence-electron chi connectivity index (χ3n) is 6.31. The first-order valence-corrected chi connectivity index (χ1v) is 11.8. The SMILES string of the molecule is COCCN(CC(=O)N1CCn2cccc2C1c1ccccc1OC)C(=O)Nc1ccc(OC)cc1. The van der Waals surface area contributed by atoms with Crippen molar-refractivity contribution in [1.82, 2.24) is 14.4 Å². The molecule has 1 unspecified atom stereocenters. The molecule has 1 N–H and O–H groups in total. The van der Waals surface area contributed by atoms with Crippen LogP contribution in [0, 0.1) is 0 Å². The molecule has 4 rings (SSSR count). The number of anilines is 1. The van der Waals surface area contributed by atoms with Gasteiger partial charge in [0.05, 0.1) is 20.8 Å². The highest BCUT2D eigenvalue weighted by molar-refractivity contribution is 5.92. The van der Waals surface area contributed by atoms with Gasteiger partial charge in [0.15, 0.2) is 0 Å². The standard InChI is InChI=1S/C27H32N4O5/c1-34-18-17-30(27(33)28-20-10-12-21(35-2)13-11-20)19-25(32)31-16-15-29-14-6-8-23(29)26(31)22-7-4-5-9-24(22)36-3/h4-14,26H,15-19H2,1-3H3,(H,28,33). The van der Waals surface area contributed by atoms with Crippen molar-refractivity contribution in [1.29, 1.82) is 0 Å². The fraction of sp³-hybridized carbons (Fsp3) is 0.333. The molecule has 0 fully saturated rings. The van der Waals surface area contributed by atoms with Crippen molar-refractivity contribution in [3.8, 4) is 11.5 Å². The van der Waals surface area contributed by atoms with Crippen molar-refractivity contribution in [3.05, 3.63) is 78.1 Å². The van der Waals surface area contributed by atoms with E-state index in [4.69, 9.17) is 14.2 Å². The molecule has 0 saturated heterocycles. The van der Waals surface area contributed by atoms with E-state index in [9.17, 15) is 9.59 Å². The number of fused-ring (bicyclic) bond motifs is 1. The van der Waals surface area contributed by atoms with Gasteiger partial charge in [0.1, 0.15) is 24.1 Å². The highest BCUT2D eigenvalue weighted by atomic mass is 16.5. The number of carbonyl (C=O) groups excluding carboxylic acids is 2. The van der Waals surface area contributed by atoms with Crippen LogP contribution in [0.1, 0.15) is 17.3 Å². The molecule has 36 heavy (non-hydrogen) atoms. The summed E-state index contributed by atoms with van der Waals surface area (Å²) >= 11 is 0. The molecule has 1 aromatic heterocycles. The van der Waals surface area contributed by atoms with Crippen molar-refractivity contribution >= 4 is 17.6 Å². The molecule has 1 atom stereocenters. The molecule has 0 saturated carbocycles. The summed E-state index contributed by atoms with van der Waals surface area (Å²) in [5, 5.41) is 2.86. The van der Waals surface area contributed by atoms with Crippen molar-refractivity contribution < 1.29 is 23.8 Å². The van der Waals surface area contributed by atoms with Crippen LogP contribution in [0.15, 0.2) is 66.9 Å². The number of hydrogen-bond donors (Lipinski definition) is 1. The second kappa shape index (κ2) is 11.6. The highest BCUT2D eigenvalue weighted by Gasteiger charge is 2.35. The van der Waals surface area contributed by atoms with Crippen LogP contribution < -0.4 is 14.8 Å². The molecule has 9 nitrogen and oxygen atoms in total. The van der Waals surface area contributed by atoms with E-state index in [-0.39, 0.29) is 31.1 Å². The first-order valence-electron chi connectivity index (χ1n) is 11.8. The minimum Gasteiger partial charge on any atom is -0.497 e. The van der Waals surface area contributed by atoms with Gasteiger partial charge in [-0.15, -0.1) is 0 Å². The van der Waals surface area contributed by atoms with Gasteiger partial charge in [-0.2, -0.15) is 0 Å². The average Bonchev–Trinajstić information content (AvgIpc) is 3.39. The minimum absolute atomic E-state index is 0.0856. The number of nitrogens with zero attached hydrogens (tertiary/aromatic N) is 3. The number of nitrogens with one attached hydrogen (secondary N) is 1. The Hall–Kier alpha value is -3.98. The lowest BCUT2D eigenvalue weighted by atomic mass is 9.98. The number of urea groups is 1. The molecule has 2 aromatic carbocycles. The quantitative estimate of drug-likeness (QED) is 0.493. The third-order valence-corrected chi connectivity index (χ3v) is 6.31. The molecule has 3 amide bonds. The number of aromatic nitrogens is 1.